The maximum absolute atomic E-state index is 12.5. The summed E-state index contributed by atoms with van der Waals surface area (Å²) in [5, 5.41) is 17.9. The van der Waals surface area contributed by atoms with Crippen LogP contribution < -0.4 is 5.32 Å². The number of hydrogen-bond acceptors (Lipinski definition) is 7. The van der Waals surface area contributed by atoms with Crippen LogP contribution >= 0.6 is 11.8 Å². The monoisotopic (exact) mass is 397 g/mol. The van der Waals surface area contributed by atoms with Crippen molar-refractivity contribution in [3.8, 4) is 0 Å². The summed E-state index contributed by atoms with van der Waals surface area (Å²) in [6.45, 7) is 9.26. The quantitative estimate of drug-likeness (QED) is 0.708. The molecular formula is C19H31N3O4S. The van der Waals surface area contributed by atoms with E-state index in [0.29, 0.717) is 18.7 Å². The van der Waals surface area contributed by atoms with Crippen LogP contribution in [0.5, 0.6) is 0 Å². The molecule has 1 aromatic heterocycles. The number of aryl methyl sites for hydroxylation is 1. The maximum Gasteiger partial charge on any atom is 0.290 e. The van der Waals surface area contributed by atoms with Crippen LogP contribution in [0, 0.1) is 6.92 Å². The van der Waals surface area contributed by atoms with E-state index in [-0.39, 0.29) is 11.7 Å². The number of nitrogens with one attached hydrogen (secondary N) is 1. The first-order chi connectivity index (χ1) is 12.9. The van der Waals surface area contributed by atoms with Crippen molar-refractivity contribution in [3.63, 3.8) is 0 Å². The standard InChI is InChI=1S/C19H31N3O4S/c1-4-27-12-10-22-8-5-19(6-9-22)17(24)18(3,7-11-25-19)20-16(23)15-13-14(2)21-26-15/h13,17,24H,4-12H2,1-3H3,(H,20,23)/t17-,18+/m1/s1. The summed E-state index contributed by atoms with van der Waals surface area (Å²) in [7, 11) is 0. The minimum absolute atomic E-state index is 0.171. The fraction of sp³-hybridized carbons (Fsp3) is 0.789. The summed E-state index contributed by atoms with van der Waals surface area (Å²) in [6.07, 6.45) is 1.35. The molecule has 0 bridgehead atoms. The lowest BCUT2D eigenvalue weighted by Gasteiger charge is -2.53. The van der Waals surface area contributed by atoms with Gasteiger partial charge in [-0.3, -0.25) is 4.79 Å². The molecule has 3 heterocycles. The van der Waals surface area contributed by atoms with Gasteiger partial charge in [-0.05, 0) is 38.9 Å². The van der Waals surface area contributed by atoms with Crippen LogP contribution in [0.15, 0.2) is 10.6 Å². The minimum atomic E-state index is -0.765. The normalized spacial score (nSPS) is 28.4. The van der Waals surface area contributed by atoms with Gasteiger partial charge in [-0.1, -0.05) is 12.1 Å². The maximum atomic E-state index is 12.5. The van der Waals surface area contributed by atoms with E-state index >= 15 is 0 Å². The number of piperidine rings is 1. The number of carbonyl (C=O) groups is 1. The molecule has 7 nitrogen and oxygen atoms in total. The Kier molecular flexibility index (Phi) is 6.50. The molecule has 0 radical (unpaired) electrons. The molecule has 3 rings (SSSR count). The van der Waals surface area contributed by atoms with E-state index in [1.165, 1.54) is 0 Å². The molecule has 152 valence electrons. The molecule has 1 amide bonds. The van der Waals surface area contributed by atoms with Crippen molar-refractivity contribution >= 4 is 17.7 Å². The SMILES string of the molecule is CCSCCN1CCC2(CC1)OCC[C@](C)(NC(=O)c1cc(C)no1)[C@H]2O. The number of aromatic nitrogens is 1. The van der Waals surface area contributed by atoms with Crippen molar-refractivity contribution in [2.45, 2.75) is 57.3 Å². The van der Waals surface area contributed by atoms with Crippen molar-refractivity contribution in [1.82, 2.24) is 15.4 Å². The summed E-state index contributed by atoms with van der Waals surface area (Å²) in [6, 6.07) is 1.60. The topological polar surface area (TPSA) is 87.8 Å². The van der Waals surface area contributed by atoms with Crippen LogP contribution in [0.4, 0.5) is 0 Å². The lowest BCUT2D eigenvalue weighted by Crippen LogP contribution is -2.69. The van der Waals surface area contributed by atoms with E-state index < -0.39 is 17.2 Å². The fourth-order valence-electron chi connectivity index (χ4n) is 4.10. The number of amides is 1. The Bertz CT molecular complexity index is 645. The molecule has 2 aliphatic heterocycles. The summed E-state index contributed by atoms with van der Waals surface area (Å²) in [4.78, 5) is 15.0. The van der Waals surface area contributed by atoms with E-state index in [9.17, 15) is 9.90 Å². The molecule has 2 aliphatic rings. The van der Waals surface area contributed by atoms with Crippen molar-refractivity contribution in [2.75, 3.05) is 37.7 Å². The van der Waals surface area contributed by atoms with Gasteiger partial charge in [0.2, 0.25) is 5.76 Å². The molecule has 2 N–H and O–H groups in total. The van der Waals surface area contributed by atoms with Gasteiger partial charge in [0.15, 0.2) is 0 Å². The third-order valence-electron chi connectivity index (χ3n) is 5.82. The summed E-state index contributed by atoms with van der Waals surface area (Å²) in [5.74, 6) is 2.10. The van der Waals surface area contributed by atoms with Crippen molar-refractivity contribution in [1.29, 1.82) is 0 Å². The minimum Gasteiger partial charge on any atom is -0.388 e. The first kappa shape index (κ1) is 20.6. The molecule has 2 saturated heterocycles. The summed E-state index contributed by atoms with van der Waals surface area (Å²) in [5.41, 5.74) is -0.689. The molecule has 0 saturated carbocycles. The summed E-state index contributed by atoms with van der Waals surface area (Å²) >= 11 is 1.95. The molecule has 0 unspecified atom stereocenters. The lowest BCUT2D eigenvalue weighted by molar-refractivity contribution is -0.205. The van der Waals surface area contributed by atoms with Crippen molar-refractivity contribution in [2.24, 2.45) is 0 Å². The molecule has 0 aliphatic carbocycles. The number of carbonyl (C=O) groups excluding carboxylic acids is 1. The molecular weight excluding hydrogens is 366 g/mol. The first-order valence-corrected chi connectivity index (χ1v) is 10.9. The first-order valence-electron chi connectivity index (χ1n) is 9.76. The Labute approximate surface area is 165 Å². The zero-order chi connectivity index (χ0) is 19.5. The van der Waals surface area contributed by atoms with Gasteiger partial charge in [0.05, 0.1) is 16.8 Å². The smallest absolute Gasteiger partial charge is 0.290 e. The highest BCUT2D eigenvalue weighted by Crippen LogP contribution is 2.40. The van der Waals surface area contributed by atoms with Crippen molar-refractivity contribution in [3.05, 3.63) is 17.5 Å². The Morgan fingerprint density at radius 3 is 2.81 bits per heavy atom. The van der Waals surface area contributed by atoms with Gasteiger partial charge in [-0.2, -0.15) is 11.8 Å². The molecule has 2 fully saturated rings. The Morgan fingerprint density at radius 2 is 2.19 bits per heavy atom. The second-order valence-electron chi connectivity index (χ2n) is 7.81. The molecule has 8 heteroatoms. The third-order valence-corrected chi connectivity index (χ3v) is 6.70. The van der Waals surface area contributed by atoms with Crippen LogP contribution in [-0.2, 0) is 4.74 Å². The number of aliphatic hydroxyl groups is 1. The van der Waals surface area contributed by atoms with Gasteiger partial charge in [0.25, 0.3) is 5.91 Å². The zero-order valence-corrected chi connectivity index (χ0v) is 17.3. The number of thioether (sulfide) groups is 1. The van der Waals surface area contributed by atoms with Crippen LogP contribution in [0.1, 0.15) is 49.4 Å². The van der Waals surface area contributed by atoms with E-state index in [4.69, 9.17) is 9.26 Å². The Morgan fingerprint density at radius 1 is 1.44 bits per heavy atom. The third kappa shape index (κ3) is 4.50. The van der Waals surface area contributed by atoms with Gasteiger partial charge in [0.1, 0.15) is 6.10 Å². The lowest BCUT2D eigenvalue weighted by atomic mass is 9.73. The average Bonchev–Trinajstić information content (AvgIpc) is 3.08. The Balaban J connectivity index is 1.63. The van der Waals surface area contributed by atoms with Crippen LogP contribution in [-0.4, -0.2) is 76.1 Å². The molecule has 1 spiro atoms. The summed E-state index contributed by atoms with van der Waals surface area (Å²) < 4.78 is 11.2. The Hall–Kier alpha value is -1.09. The van der Waals surface area contributed by atoms with Crippen molar-refractivity contribution < 1.29 is 19.2 Å². The van der Waals surface area contributed by atoms with Crippen LogP contribution in [0.3, 0.4) is 0 Å². The molecule has 0 aromatic carbocycles. The van der Waals surface area contributed by atoms with Gasteiger partial charge in [-0.15, -0.1) is 0 Å². The average molecular weight is 398 g/mol. The fourth-order valence-corrected chi connectivity index (χ4v) is 4.77. The predicted molar refractivity (Wildman–Crippen MR) is 105 cm³/mol. The number of ether oxygens (including phenoxy) is 1. The molecule has 1 aromatic rings. The predicted octanol–water partition coefficient (Wildman–Crippen LogP) is 1.84. The highest BCUT2D eigenvalue weighted by Gasteiger charge is 2.53. The van der Waals surface area contributed by atoms with Gasteiger partial charge < -0.3 is 24.6 Å². The number of aliphatic hydroxyl groups excluding tert-OH is 1. The van der Waals surface area contributed by atoms with Gasteiger partial charge >= 0.3 is 0 Å². The molecule has 2 atom stereocenters. The number of hydrogen-bond donors (Lipinski definition) is 2. The second-order valence-corrected chi connectivity index (χ2v) is 9.20. The van der Waals surface area contributed by atoms with E-state index in [1.807, 2.05) is 18.7 Å². The second kappa shape index (κ2) is 8.51. The highest BCUT2D eigenvalue weighted by atomic mass is 32.2. The van der Waals surface area contributed by atoms with Crippen LogP contribution in [0.2, 0.25) is 0 Å². The van der Waals surface area contributed by atoms with Crippen LogP contribution in [0.25, 0.3) is 0 Å². The van der Waals surface area contributed by atoms with E-state index in [2.05, 4.69) is 22.3 Å². The van der Waals surface area contributed by atoms with Gasteiger partial charge in [-0.25, -0.2) is 0 Å². The molecule has 27 heavy (non-hydrogen) atoms. The number of nitrogens with zero attached hydrogens (tertiary/aromatic N) is 2. The largest absolute Gasteiger partial charge is 0.388 e. The van der Waals surface area contributed by atoms with E-state index in [1.54, 1.807) is 13.0 Å². The van der Waals surface area contributed by atoms with Gasteiger partial charge in [0, 0.05) is 38.1 Å². The number of rotatable bonds is 6. The van der Waals surface area contributed by atoms with E-state index in [0.717, 1.165) is 44.0 Å². The highest BCUT2D eigenvalue weighted by molar-refractivity contribution is 7.99. The zero-order valence-electron chi connectivity index (χ0n) is 16.5. The number of likely N-dealkylation sites (tertiary alicyclic amines) is 1.